The molecule has 0 aliphatic carbocycles. The number of carbonyl (C=O) groups excluding carboxylic acids is 1. The third-order valence-electron chi connectivity index (χ3n) is 2.65. The van der Waals surface area contributed by atoms with Crippen LogP contribution in [0, 0.1) is 0 Å². The highest BCUT2D eigenvalue weighted by Crippen LogP contribution is 2.28. The molecule has 0 unspecified atom stereocenters. The van der Waals surface area contributed by atoms with E-state index in [1.165, 1.54) is 6.07 Å². The van der Waals surface area contributed by atoms with Gasteiger partial charge in [0, 0.05) is 17.1 Å². The van der Waals surface area contributed by atoms with Crippen LogP contribution < -0.4 is 16.8 Å². The van der Waals surface area contributed by atoms with Crippen LogP contribution in [0.4, 0.5) is 13.2 Å². The molecule has 0 aliphatic heterocycles. The van der Waals surface area contributed by atoms with E-state index in [2.05, 4.69) is 0 Å². The number of thiophene rings is 1. The first-order valence-corrected chi connectivity index (χ1v) is 6.50. The van der Waals surface area contributed by atoms with Gasteiger partial charge in [0.15, 0.2) is 0 Å². The zero-order valence-electron chi connectivity index (χ0n) is 10.5. The lowest BCUT2D eigenvalue weighted by Crippen LogP contribution is -2.29. The number of nitrogen functional groups attached to an aromatic ring is 1. The number of rotatable bonds is 3. The first kappa shape index (κ1) is 15.3. The molecule has 0 aromatic carbocycles. The molecule has 2 aromatic heterocycles. The first-order chi connectivity index (χ1) is 9.81. The Balaban J connectivity index is 2.29. The topological polar surface area (TPSA) is 77.1 Å². The van der Waals surface area contributed by atoms with Gasteiger partial charge in [-0.1, -0.05) is 0 Å². The van der Waals surface area contributed by atoms with Crippen molar-refractivity contribution >= 4 is 17.2 Å². The number of hydrogen-bond acceptors (Lipinski definition) is 4. The fourth-order valence-corrected chi connectivity index (χ4v) is 2.56. The maximum Gasteiger partial charge on any atom is 0.417 e. The lowest BCUT2D eigenvalue weighted by molar-refractivity contribution is -0.138. The average Bonchev–Trinajstić information content (AvgIpc) is 2.87. The van der Waals surface area contributed by atoms with Crippen molar-refractivity contribution < 1.29 is 18.0 Å². The van der Waals surface area contributed by atoms with Crippen LogP contribution in [-0.2, 0) is 12.7 Å². The predicted octanol–water partition coefficient (Wildman–Crippen LogP) is 1.58. The van der Waals surface area contributed by atoms with Gasteiger partial charge >= 0.3 is 6.18 Å². The molecule has 3 N–H and O–H groups in total. The van der Waals surface area contributed by atoms with E-state index in [0.717, 1.165) is 34.2 Å². The Bertz CT molecular complexity index is 721. The van der Waals surface area contributed by atoms with E-state index < -0.39 is 23.2 Å². The van der Waals surface area contributed by atoms with Crippen LogP contribution in [0.25, 0.3) is 0 Å². The van der Waals surface area contributed by atoms with Crippen molar-refractivity contribution in [2.45, 2.75) is 12.7 Å². The van der Waals surface area contributed by atoms with Gasteiger partial charge < -0.3 is 4.57 Å². The molecule has 0 spiro atoms. The summed E-state index contributed by atoms with van der Waals surface area (Å²) in [5, 5.41) is 0. The number of nitrogens with zero attached hydrogens (tertiary/aromatic N) is 1. The fourth-order valence-electron chi connectivity index (χ4n) is 1.65. The molecule has 2 heterocycles. The van der Waals surface area contributed by atoms with E-state index in [4.69, 9.17) is 5.84 Å². The Morgan fingerprint density at radius 2 is 2.00 bits per heavy atom. The number of nitrogens with one attached hydrogen (secondary N) is 1. The van der Waals surface area contributed by atoms with E-state index in [9.17, 15) is 22.8 Å². The summed E-state index contributed by atoms with van der Waals surface area (Å²) in [4.78, 5) is 23.8. The van der Waals surface area contributed by atoms with E-state index in [1.54, 1.807) is 6.07 Å². The Hall–Kier alpha value is -2.13. The minimum absolute atomic E-state index is 0.0503. The quantitative estimate of drug-likeness (QED) is 0.512. The highest BCUT2D eigenvalue weighted by molar-refractivity contribution is 7.14. The second kappa shape index (κ2) is 5.70. The molecule has 5 nitrogen and oxygen atoms in total. The van der Waals surface area contributed by atoms with E-state index >= 15 is 0 Å². The Kier molecular flexibility index (Phi) is 4.14. The summed E-state index contributed by atoms with van der Waals surface area (Å²) in [6, 6.07) is 4.65. The fraction of sp³-hybridized carbons (Fsp3) is 0.167. The van der Waals surface area contributed by atoms with Gasteiger partial charge in [0.1, 0.15) is 0 Å². The highest BCUT2D eigenvalue weighted by atomic mass is 32.1. The predicted molar refractivity (Wildman–Crippen MR) is 70.8 cm³/mol. The monoisotopic (exact) mass is 317 g/mol. The van der Waals surface area contributed by atoms with Crippen molar-refractivity contribution in [3.63, 3.8) is 0 Å². The van der Waals surface area contributed by atoms with Crippen molar-refractivity contribution in [2.75, 3.05) is 0 Å². The summed E-state index contributed by atoms with van der Waals surface area (Å²) in [6.45, 7) is -0.0503. The van der Waals surface area contributed by atoms with Crippen LogP contribution in [0.3, 0.4) is 0 Å². The molecule has 2 rings (SSSR count). The third-order valence-corrected chi connectivity index (χ3v) is 3.72. The van der Waals surface area contributed by atoms with Crippen molar-refractivity contribution in [3.05, 3.63) is 56.1 Å². The lowest BCUT2D eigenvalue weighted by Gasteiger charge is -2.09. The highest BCUT2D eigenvalue weighted by Gasteiger charge is 2.31. The van der Waals surface area contributed by atoms with Crippen LogP contribution >= 0.6 is 11.3 Å². The number of pyridine rings is 1. The van der Waals surface area contributed by atoms with Crippen LogP contribution in [0.2, 0.25) is 0 Å². The second-order valence-electron chi connectivity index (χ2n) is 4.12. The van der Waals surface area contributed by atoms with Gasteiger partial charge in [0.25, 0.3) is 11.5 Å². The number of amides is 1. The lowest BCUT2D eigenvalue weighted by atomic mass is 10.2. The van der Waals surface area contributed by atoms with E-state index in [-0.39, 0.29) is 6.54 Å². The first-order valence-electron chi connectivity index (χ1n) is 5.68. The van der Waals surface area contributed by atoms with E-state index in [1.807, 2.05) is 5.43 Å². The maximum absolute atomic E-state index is 12.6. The zero-order valence-corrected chi connectivity index (χ0v) is 11.3. The summed E-state index contributed by atoms with van der Waals surface area (Å²) in [5.41, 5.74) is 0.495. The Morgan fingerprint density at radius 3 is 2.62 bits per heavy atom. The number of hydrazine groups is 1. The van der Waals surface area contributed by atoms with Crippen molar-refractivity contribution in [2.24, 2.45) is 5.84 Å². The molecule has 2 aromatic rings. The molecule has 0 atom stereocenters. The molecule has 0 radical (unpaired) electrons. The Labute approximate surface area is 120 Å². The normalized spacial score (nSPS) is 11.4. The summed E-state index contributed by atoms with van der Waals surface area (Å²) in [5.74, 6) is 4.49. The van der Waals surface area contributed by atoms with Crippen LogP contribution in [0.15, 0.2) is 35.3 Å². The van der Waals surface area contributed by atoms with Gasteiger partial charge in [-0.2, -0.15) is 13.2 Å². The van der Waals surface area contributed by atoms with Gasteiger partial charge in [0.05, 0.1) is 17.0 Å². The van der Waals surface area contributed by atoms with E-state index in [0.29, 0.717) is 9.75 Å². The zero-order chi connectivity index (χ0) is 15.6. The summed E-state index contributed by atoms with van der Waals surface area (Å²) < 4.78 is 38.8. The number of carbonyl (C=O) groups is 1. The third kappa shape index (κ3) is 3.50. The second-order valence-corrected chi connectivity index (χ2v) is 5.29. The molecular weight excluding hydrogens is 307 g/mol. The minimum atomic E-state index is -4.52. The molecule has 0 fully saturated rings. The van der Waals surface area contributed by atoms with Gasteiger partial charge in [0.2, 0.25) is 0 Å². The molecule has 0 saturated carbocycles. The molecular formula is C12H10F3N3O2S. The largest absolute Gasteiger partial charge is 0.417 e. The van der Waals surface area contributed by atoms with Gasteiger partial charge in [-0.25, -0.2) is 5.84 Å². The number of halogens is 3. The summed E-state index contributed by atoms with van der Waals surface area (Å²) in [7, 11) is 0. The molecule has 1 amide bonds. The number of aromatic nitrogens is 1. The molecule has 0 aliphatic rings. The molecule has 0 saturated heterocycles. The molecule has 112 valence electrons. The summed E-state index contributed by atoms with van der Waals surface area (Å²) in [6.07, 6.45) is -3.76. The van der Waals surface area contributed by atoms with Crippen LogP contribution in [0.1, 0.15) is 20.1 Å². The summed E-state index contributed by atoms with van der Waals surface area (Å²) >= 11 is 1.05. The van der Waals surface area contributed by atoms with Crippen molar-refractivity contribution in [1.29, 1.82) is 0 Å². The van der Waals surface area contributed by atoms with Gasteiger partial charge in [-0.05, 0) is 18.2 Å². The van der Waals surface area contributed by atoms with Crippen molar-refractivity contribution in [1.82, 2.24) is 9.99 Å². The number of hydrogen-bond donors (Lipinski definition) is 2. The molecule has 9 heteroatoms. The Morgan fingerprint density at radius 1 is 1.29 bits per heavy atom. The molecule has 21 heavy (non-hydrogen) atoms. The van der Waals surface area contributed by atoms with Crippen LogP contribution in [-0.4, -0.2) is 10.5 Å². The van der Waals surface area contributed by atoms with Crippen LogP contribution in [0.5, 0.6) is 0 Å². The van der Waals surface area contributed by atoms with Gasteiger partial charge in [-0.3, -0.25) is 15.0 Å². The standard InChI is InChI=1S/C12H10F3N3O2S/c13-12(14,15)7-1-4-10(19)18(5-7)6-8-2-3-9(21-8)11(20)17-16/h1-5H,6,16H2,(H,17,20). The molecule has 0 bridgehead atoms. The smallest absolute Gasteiger partial charge is 0.310 e. The SMILES string of the molecule is NNC(=O)c1ccc(Cn2cc(C(F)(F)F)ccc2=O)s1. The van der Waals surface area contributed by atoms with Crippen molar-refractivity contribution in [3.8, 4) is 0 Å². The minimum Gasteiger partial charge on any atom is -0.310 e. The maximum atomic E-state index is 12.6. The number of nitrogens with two attached hydrogens (primary N) is 1. The number of alkyl halides is 3. The van der Waals surface area contributed by atoms with Gasteiger partial charge in [-0.15, -0.1) is 11.3 Å². The average molecular weight is 317 g/mol.